The quantitative estimate of drug-likeness (QED) is 0.886. The first-order chi connectivity index (χ1) is 9.10. The van der Waals surface area contributed by atoms with Gasteiger partial charge in [0.15, 0.2) is 15.0 Å². The van der Waals surface area contributed by atoms with Crippen molar-refractivity contribution in [1.82, 2.24) is 4.98 Å². The molecule has 1 N–H and O–H groups in total. The third-order valence-electron chi connectivity index (χ3n) is 3.14. The van der Waals surface area contributed by atoms with E-state index in [4.69, 9.17) is 0 Å². The smallest absolute Gasteiger partial charge is 0.347 e. The van der Waals surface area contributed by atoms with Crippen molar-refractivity contribution in [2.75, 3.05) is 29.5 Å². The van der Waals surface area contributed by atoms with E-state index in [0.717, 1.165) is 11.3 Å². The lowest BCUT2D eigenvalue weighted by atomic mass is 9.91. The van der Waals surface area contributed by atoms with Gasteiger partial charge < -0.3 is 10.0 Å². The summed E-state index contributed by atoms with van der Waals surface area (Å²) < 4.78 is 22.9. The van der Waals surface area contributed by atoms with Crippen LogP contribution in [-0.4, -0.2) is 49.1 Å². The fourth-order valence-electron chi connectivity index (χ4n) is 2.00. The molecular weight excluding hydrogens is 300 g/mol. The molecule has 1 aromatic rings. The number of rotatable bonds is 2. The SMILES string of the molecule is CC(C)(C)c1nc(N2CCS(=O)(=O)CC2)sc1C(=O)O. The van der Waals surface area contributed by atoms with Crippen LogP contribution in [0.5, 0.6) is 0 Å². The number of hydrogen-bond donors (Lipinski definition) is 1. The summed E-state index contributed by atoms with van der Waals surface area (Å²) in [6.07, 6.45) is 0. The zero-order valence-electron chi connectivity index (χ0n) is 11.7. The first-order valence-corrected chi connectivity index (χ1v) is 8.94. The van der Waals surface area contributed by atoms with Gasteiger partial charge in [-0.25, -0.2) is 18.2 Å². The van der Waals surface area contributed by atoms with Crippen LogP contribution >= 0.6 is 11.3 Å². The minimum atomic E-state index is -2.95. The molecule has 0 radical (unpaired) electrons. The van der Waals surface area contributed by atoms with E-state index in [-0.39, 0.29) is 21.8 Å². The van der Waals surface area contributed by atoms with Gasteiger partial charge in [-0.3, -0.25) is 0 Å². The van der Waals surface area contributed by atoms with Crippen LogP contribution in [0.4, 0.5) is 5.13 Å². The van der Waals surface area contributed by atoms with E-state index in [9.17, 15) is 18.3 Å². The molecule has 2 heterocycles. The molecule has 1 aliphatic heterocycles. The van der Waals surface area contributed by atoms with Gasteiger partial charge in [-0.2, -0.15) is 0 Å². The summed E-state index contributed by atoms with van der Waals surface area (Å²) in [6, 6.07) is 0. The summed E-state index contributed by atoms with van der Waals surface area (Å²) in [5.74, 6) is -0.789. The second-order valence-electron chi connectivity index (χ2n) is 5.87. The van der Waals surface area contributed by atoms with Gasteiger partial charge in [0.2, 0.25) is 0 Å². The number of aromatic nitrogens is 1. The third-order valence-corrected chi connectivity index (χ3v) is 5.85. The van der Waals surface area contributed by atoms with Gasteiger partial charge in [-0.05, 0) is 0 Å². The van der Waals surface area contributed by atoms with E-state index in [0.29, 0.717) is 23.9 Å². The molecule has 1 aliphatic rings. The molecule has 2 rings (SSSR count). The third kappa shape index (κ3) is 3.12. The van der Waals surface area contributed by atoms with Crippen molar-refractivity contribution >= 4 is 32.3 Å². The molecule has 0 bridgehead atoms. The Hall–Kier alpha value is -1.15. The van der Waals surface area contributed by atoms with Crippen molar-refractivity contribution < 1.29 is 18.3 Å². The number of anilines is 1. The van der Waals surface area contributed by atoms with Crippen LogP contribution in [0.2, 0.25) is 0 Å². The van der Waals surface area contributed by atoms with Gasteiger partial charge in [-0.1, -0.05) is 32.1 Å². The van der Waals surface area contributed by atoms with E-state index in [1.165, 1.54) is 0 Å². The highest BCUT2D eigenvalue weighted by atomic mass is 32.2. The molecule has 1 aromatic heterocycles. The topological polar surface area (TPSA) is 87.6 Å². The molecule has 6 nitrogen and oxygen atoms in total. The van der Waals surface area contributed by atoms with Crippen molar-refractivity contribution in [1.29, 1.82) is 0 Å². The highest BCUT2D eigenvalue weighted by molar-refractivity contribution is 7.91. The monoisotopic (exact) mass is 318 g/mol. The normalized spacial score (nSPS) is 19.1. The molecule has 0 aromatic carbocycles. The van der Waals surface area contributed by atoms with E-state index in [2.05, 4.69) is 4.98 Å². The van der Waals surface area contributed by atoms with Crippen LogP contribution in [0.3, 0.4) is 0 Å². The highest BCUT2D eigenvalue weighted by Gasteiger charge is 2.30. The largest absolute Gasteiger partial charge is 0.477 e. The molecule has 1 fully saturated rings. The second kappa shape index (κ2) is 5.00. The standard InChI is InChI=1S/C12H18N2O4S2/c1-12(2,3)9-8(10(15)16)19-11(13-9)14-4-6-20(17,18)7-5-14/h4-7H2,1-3H3,(H,15,16). The molecular formula is C12H18N2O4S2. The minimum absolute atomic E-state index is 0.0971. The Morgan fingerprint density at radius 3 is 2.25 bits per heavy atom. The number of carbonyl (C=O) groups is 1. The molecule has 112 valence electrons. The molecule has 8 heteroatoms. The summed E-state index contributed by atoms with van der Waals surface area (Å²) in [5, 5.41) is 9.88. The van der Waals surface area contributed by atoms with Gasteiger partial charge in [0.25, 0.3) is 0 Å². The molecule has 0 atom stereocenters. The van der Waals surface area contributed by atoms with Crippen LogP contribution < -0.4 is 4.90 Å². The Kier molecular flexibility index (Phi) is 3.81. The minimum Gasteiger partial charge on any atom is -0.477 e. The molecule has 20 heavy (non-hydrogen) atoms. The number of carboxylic acids is 1. The first-order valence-electron chi connectivity index (χ1n) is 6.30. The predicted octanol–water partition coefficient (Wildman–Crippen LogP) is 1.37. The average molecular weight is 318 g/mol. The summed E-state index contributed by atoms with van der Waals surface area (Å²) in [4.78, 5) is 17.9. The Bertz CT molecular complexity index is 614. The van der Waals surface area contributed by atoms with Gasteiger partial charge >= 0.3 is 5.97 Å². The van der Waals surface area contributed by atoms with E-state index >= 15 is 0 Å². The van der Waals surface area contributed by atoms with Crippen molar-refractivity contribution in [2.45, 2.75) is 26.2 Å². The second-order valence-corrected chi connectivity index (χ2v) is 9.15. The van der Waals surface area contributed by atoms with Crippen molar-refractivity contribution in [3.8, 4) is 0 Å². The first kappa shape index (κ1) is 15.2. The summed E-state index contributed by atoms with van der Waals surface area (Å²) >= 11 is 1.12. The number of hydrogen-bond acceptors (Lipinski definition) is 6. The Morgan fingerprint density at radius 2 is 1.85 bits per heavy atom. The van der Waals surface area contributed by atoms with Crippen LogP contribution in [0.15, 0.2) is 0 Å². The average Bonchev–Trinajstić information content (AvgIpc) is 2.73. The van der Waals surface area contributed by atoms with Gasteiger partial charge in [-0.15, -0.1) is 0 Å². The number of sulfone groups is 1. The maximum absolute atomic E-state index is 11.4. The Morgan fingerprint density at radius 1 is 1.30 bits per heavy atom. The molecule has 0 unspecified atom stereocenters. The maximum Gasteiger partial charge on any atom is 0.347 e. The van der Waals surface area contributed by atoms with Crippen LogP contribution in [-0.2, 0) is 15.3 Å². The zero-order chi connectivity index (χ0) is 15.1. The summed E-state index contributed by atoms with van der Waals surface area (Å²) in [6.45, 7) is 6.49. The van der Waals surface area contributed by atoms with Crippen molar-refractivity contribution in [3.63, 3.8) is 0 Å². The van der Waals surface area contributed by atoms with E-state index < -0.39 is 15.8 Å². The number of nitrogens with zero attached hydrogens (tertiary/aromatic N) is 2. The fraction of sp³-hybridized carbons (Fsp3) is 0.667. The lowest BCUT2D eigenvalue weighted by Gasteiger charge is -2.26. The van der Waals surface area contributed by atoms with Crippen LogP contribution in [0.1, 0.15) is 36.1 Å². The van der Waals surface area contributed by atoms with E-state index in [1.54, 1.807) is 0 Å². The summed E-state index contributed by atoms with van der Waals surface area (Å²) in [7, 11) is -2.95. The van der Waals surface area contributed by atoms with Crippen LogP contribution in [0.25, 0.3) is 0 Å². The molecule has 0 spiro atoms. The highest BCUT2D eigenvalue weighted by Crippen LogP contribution is 2.34. The zero-order valence-corrected chi connectivity index (χ0v) is 13.3. The predicted molar refractivity (Wildman–Crippen MR) is 78.6 cm³/mol. The lowest BCUT2D eigenvalue weighted by Crippen LogP contribution is -2.40. The number of aromatic carboxylic acids is 1. The molecule has 0 saturated carbocycles. The molecule has 0 aliphatic carbocycles. The molecule has 1 saturated heterocycles. The number of thiazole rings is 1. The maximum atomic E-state index is 11.4. The van der Waals surface area contributed by atoms with Gasteiger partial charge in [0.1, 0.15) is 4.88 Å². The summed E-state index contributed by atoms with van der Waals surface area (Å²) in [5.41, 5.74) is 0.197. The van der Waals surface area contributed by atoms with E-state index in [1.807, 2.05) is 25.7 Å². The Balaban J connectivity index is 2.33. The van der Waals surface area contributed by atoms with Gasteiger partial charge in [0, 0.05) is 18.5 Å². The fourth-order valence-corrected chi connectivity index (χ4v) is 4.37. The van der Waals surface area contributed by atoms with Crippen molar-refractivity contribution in [3.05, 3.63) is 10.6 Å². The van der Waals surface area contributed by atoms with Crippen LogP contribution in [0, 0.1) is 0 Å². The van der Waals surface area contributed by atoms with Crippen molar-refractivity contribution in [2.24, 2.45) is 0 Å². The Labute approximate surface area is 122 Å². The molecule has 0 amide bonds. The number of carboxylic acid groups (broad SMARTS) is 1. The van der Waals surface area contributed by atoms with Gasteiger partial charge in [0.05, 0.1) is 17.2 Å². The lowest BCUT2D eigenvalue weighted by molar-refractivity contribution is 0.0699.